The van der Waals surface area contributed by atoms with Crippen LogP contribution in [0.4, 0.5) is 11.4 Å². The summed E-state index contributed by atoms with van der Waals surface area (Å²) in [6, 6.07) is 7.49. The zero-order chi connectivity index (χ0) is 11.8. The first-order valence-electron chi connectivity index (χ1n) is 5.45. The maximum atomic E-state index is 12.0. The molecule has 0 aliphatic carbocycles. The van der Waals surface area contributed by atoms with Gasteiger partial charge in [0.05, 0.1) is 5.69 Å². The minimum absolute atomic E-state index is 0.0619. The molecule has 1 atom stereocenters. The number of benzene rings is 1. The Hall–Kier alpha value is -2.23. The van der Waals surface area contributed by atoms with Crippen molar-refractivity contribution in [1.82, 2.24) is 0 Å². The van der Waals surface area contributed by atoms with Crippen LogP contribution in [0.1, 0.15) is 17.2 Å². The van der Waals surface area contributed by atoms with E-state index in [-0.39, 0.29) is 11.9 Å². The van der Waals surface area contributed by atoms with E-state index >= 15 is 0 Å². The van der Waals surface area contributed by atoms with Crippen molar-refractivity contribution in [2.75, 3.05) is 10.6 Å². The van der Waals surface area contributed by atoms with Crippen molar-refractivity contribution in [3.05, 3.63) is 47.9 Å². The topological polar surface area (TPSA) is 54.3 Å². The average molecular weight is 228 g/mol. The van der Waals surface area contributed by atoms with Gasteiger partial charge in [0.25, 0.3) is 5.91 Å². The highest BCUT2D eigenvalue weighted by atomic mass is 16.3. The fourth-order valence-electron chi connectivity index (χ4n) is 2.06. The molecule has 4 heteroatoms. The van der Waals surface area contributed by atoms with Crippen LogP contribution in [0.25, 0.3) is 0 Å². The molecule has 0 fully saturated rings. The molecule has 0 saturated heterocycles. The highest BCUT2D eigenvalue weighted by Crippen LogP contribution is 2.33. The normalized spacial score (nSPS) is 18.2. The van der Waals surface area contributed by atoms with E-state index in [9.17, 15) is 4.79 Å². The molecule has 2 heterocycles. The maximum absolute atomic E-state index is 12.0. The van der Waals surface area contributed by atoms with Crippen molar-refractivity contribution in [2.45, 2.75) is 13.0 Å². The average Bonchev–Trinajstić information content (AvgIpc) is 2.76. The summed E-state index contributed by atoms with van der Waals surface area (Å²) in [6.07, 6.45) is 3.12. The summed E-state index contributed by atoms with van der Waals surface area (Å²) in [6.45, 7) is 2.00. The van der Waals surface area contributed by atoms with Crippen molar-refractivity contribution in [2.24, 2.45) is 0 Å². The van der Waals surface area contributed by atoms with Crippen LogP contribution in [0.3, 0.4) is 0 Å². The van der Waals surface area contributed by atoms with Crippen molar-refractivity contribution in [1.29, 1.82) is 0 Å². The zero-order valence-electron chi connectivity index (χ0n) is 9.36. The summed E-state index contributed by atoms with van der Waals surface area (Å²) in [5.74, 6) is -0.0619. The van der Waals surface area contributed by atoms with E-state index in [1.54, 1.807) is 6.26 Å². The molecule has 3 rings (SSSR count). The maximum Gasteiger partial charge on any atom is 0.251 e. The van der Waals surface area contributed by atoms with Gasteiger partial charge in [0.15, 0.2) is 0 Å². The van der Waals surface area contributed by atoms with Gasteiger partial charge in [0, 0.05) is 0 Å². The van der Waals surface area contributed by atoms with Gasteiger partial charge in [0.1, 0.15) is 24.3 Å². The lowest BCUT2D eigenvalue weighted by Crippen LogP contribution is -2.31. The molecule has 86 valence electrons. The van der Waals surface area contributed by atoms with E-state index in [0.717, 1.165) is 16.8 Å². The van der Waals surface area contributed by atoms with Gasteiger partial charge < -0.3 is 15.1 Å². The summed E-state index contributed by atoms with van der Waals surface area (Å²) in [5, 5.41) is 6.00. The quantitative estimate of drug-likeness (QED) is 0.789. The van der Waals surface area contributed by atoms with Crippen LogP contribution < -0.4 is 10.6 Å². The number of amides is 1. The molecule has 17 heavy (non-hydrogen) atoms. The molecular formula is C13H12N2O2. The lowest BCUT2D eigenvalue weighted by atomic mass is 9.99. The van der Waals surface area contributed by atoms with Crippen LogP contribution in [0.2, 0.25) is 0 Å². The van der Waals surface area contributed by atoms with Crippen LogP contribution in [0, 0.1) is 6.92 Å². The molecule has 1 aromatic heterocycles. The van der Waals surface area contributed by atoms with Crippen molar-refractivity contribution in [3.63, 3.8) is 0 Å². The number of furan rings is 1. The molecule has 0 spiro atoms. The fourth-order valence-corrected chi connectivity index (χ4v) is 2.06. The Balaban J connectivity index is 2.01. The highest BCUT2D eigenvalue weighted by Gasteiger charge is 2.28. The largest absolute Gasteiger partial charge is 0.468 e. The number of carbonyl (C=O) groups is 1. The second-order valence-corrected chi connectivity index (χ2v) is 4.12. The second-order valence-electron chi connectivity index (χ2n) is 4.12. The van der Waals surface area contributed by atoms with Crippen LogP contribution in [0.5, 0.6) is 0 Å². The molecule has 0 radical (unpaired) electrons. The summed E-state index contributed by atoms with van der Waals surface area (Å²) in [4.78, 5) is 12.0. The van der Waals surface area contributed by atoms with Crippen LogP contribution in [0.15, 0.2) is 41.2 Å². The Labute approximate surface area is 98.6 Å². The van der Waals surface area contributed by atoms with Gasteiger partial charge in [-0.2, -0.15) is 0 Å². The van der Waals surface area contributed by atoms with E-state index in [1.165, 1.54) is 6.26 Å². The predicted molar refractivity (Wildman–Crippen MR) is 64.9 cm³/mol. The number of carbonyl (C=O) groups excluding carboxylic acids is 1. The van der Waals surface area contributed by atoms with Crippen molar-refractivity contribution in [3.8, 4) is 0 Å². The minimum Gasteiger partial charge on any atom is -0.468 e. The lowest BCUT2D eigenvalue weighted by Gasteiger charge is -2.25. The molecule has 0 saturated carbocycles. The Bertz CT molecular complexity index is 574. The zero-order valence-corrected chi connectivity index (χ0v) is 9.36. The van der Waals surface area contributed by atoms with Crippen LogP contribution in [-0.2, 0) is 4.79 Å². The van der Waals surface area contributed by atoms with E-state index in [4.69, 9.17) is 4.42 Å². The van der Waals surface area contributed by atoms with Crippen molar-refractivity contribution >= 4 is 17.3 Å². The third-order valence-corrected chi connectivity index (χ3v) is 2.98. The molecule has 1 aromatic carbocycles. The molecule has 2 N–H and O–H groups in total. The lowest BCUT2D eigenvalue weighted by molar-refractivity contribution is -0.117. The standard InChI is InChI=1S/C13H12N2O2/c1-8-4-2-3-5-9(8)12-13(16)15-11-7-17-6-10(11)14-12/h2-7,12,14H,1H3,(H,15,16). The summed E-state index contributed by atoms with van der Waals surface area (Å²) in [7, 11) is 0. The molecule has 1 amide bonds. The molecule has 2 aromatic rings. The Morgan fingerprint density at radius 2 is 1.94 bits per heavy atom. The van der Waals surface area contributed by atoms with E-state index in [2.05, 4.69) is 10.6 Å². The first-order valence-corrected chi connectivity index (χ1v) is 5.45. The smallest absolute Gasteiger partial charge is 0.251 e. The van der Waals surface area contributed by atoms with Gasteiger partial charge >= 0.3 is 0 Å². The Kier molecular flexibility index (Phi) is 2.14. The van der Waals surface area contributed by atoms with Gasteiger partial charge in [-0.05, 0) is 18.1 Å². The summed E-state index contributed by atoms with van der Waals surface area (Å²) in [5.41, 5.74) is 3.58. The number of fused-ring (bicyclic) bond motifs is 1. The highest BCUT2D eigenvalue weighted by molar-refractivity contribution is 6.03. The van der Waals surface area contributed by atoms with Crippen LogP contribution in [-0.4, -0.2) is 5.91 Å². The molecule has 1 aliphatic heterocycles. The van der Waals surface area contributed by atoms with Gasteiger partial charge in [-0.3, -0.25) is 4.79 Å². The van der Waals surface area contributed by atoms with E-state index in [0.29, 0.717) is 5.69 Å². The van der Waals surface area contributed by atoms with Crippen molar-refractivity contribution < 1.29 is 9.21 Å². The van der Waals surface area contributed by atoms with Gasteiger partial charge in [-0.1, -0.05) is 24.3 Å². The van der Waals surface area contributed by atoms with Crippen LogP contribution >= 0.6 is 0 Å². The number of nitrogens with one attached hydrogen (secondary N) is 2. The van der Waals surface area contributed by atoms with Gasteiger partial charge in [0.2, 0.25) is 0 Å². The Morgan fingerprint density at radius 3 is 2.76 bits per heavy atom. The number of hydrogen-bond acceptors (Lipinski definition) is 3. The van der Waals surface area contributed by atoms with Gasteiger partial charge in [-0.25, -0.2) is 0 Å². The number of anilines is 2. The number of aryl methyl sites for hydroxylation is 1. The first kappa shape index (κ1) is 9.96. The molecule has 0 bridgehead atoms. The SMILES string of the molecule is Cc1ccccc1C1Nc2cocc2NC1=O. The predicted octanol–water partition coefficient (Wildman–Crippen LogP) is 2.69. The Morgan fingerprint density at radius 1 is 1.18 bits per heavy atom. The van der Waals surface area contributed by atoms with E-state index < -0.39 is 0 Å². The first-order chi connectivity index (χ1) is 8.25. The minimum atomic E-state index is -0.360. The second kappa shape index (κ2) is 3.66. The third-order valence-electron chi connectivity index (χ3n) is 2.98. The summed E-state index contributed by atoms with van der Waals surface area (Å²) < 4.78 is 5.05. The number of hydrogen-bond donors (Lipinski definition) is 2. The summed E-state index contributed by atoms with van der Waals surface area (Å²) >= 11 is 0. The van der Waals surface area contributed by atoms with Gasteiger partial charge in [-0.15, -0.1) is 0 Å². The monoisotopic (exact) mass is 228 g/mol. The molecular weight excluding hydrogens is 216 g/mol. The molecule has 1 unspecified atom stereocenters. The fraction of sp³-hybridized carbons (Fsp3) is 0.154. The van der Waals surface area contributed by atoms with E-state index in [1.807, 2.05) is 31.2 Å². The molecule has 4 nitrogen and oxygen atoms in total. The third kappa shape index (κ3) is 1.58. The molecule has 1 aliphatic rings. The number of rotatable bonds is 1.